The third kappa shape index (κ3) is 2.41. The third-order valence-corrected chi connectivity index (χ3v) is 3.51. The molecular formula is C11H10FNO3S. The quantitative estimate of drug-likeness (QED) is 0.868. The first kappa shape index (κ1) is 11.9. The lowest BCUT2D eigenvalue weighted by Crippen LogP contribution is -2.41. The van der Waals surface area contributed by atoms with Crippen LogP contribution in [0.4, 0.5) is 4.39 Å². The van der Waals surface area contributed by atoms with Crippen LogP contribution in [-0.4, -0.2) is 39.6 Å². The second kappa shape index (κ2) is 4.75. The number of nitrogens with zero attached hydrogens (tertiary/aromatic N) is 1. The van der Waals surface area contributed by atoms with E-state index in [0.29, 0.717) is 11.6 Å². The van der Waals surface area contributed by atoms with Crippen molar-refractivity contribution in [3.05, 3.63) is 35.6 Å². The van der Waals surface area contributed by atoms with Gasteiger partial charge in [0, 0.05) is 11.3 Å². The Labute approximate surface area is 101 Å². The van der Waals surface area contributed by atoms with Gasteiger partial charge in [-0.2, -0.15) is 0 Å². The molecule has 0 bridgehead atoms. The van der Waals surface area contributed by atoms with Crippen molar-refractivity contribution in [1.29, 1.82) is 0 Å². The molecule has 17 heavy (non-hydrogen) atoms. The lowest BCUT2D eigenvalue weighted by atomic mass is 10.1. The number of carbonyl (C=O) groups excluding carboxylic acids is 1. The van der Waals surface area contributed by atoms with E-state index >= 15 is 0 Å². The normalized spacial score (nSPS) is 19.4. The summed E-state index contributed by atoms with van der Waals surface area (Å²) in [7, 11) is 0. The third-order valence-electron chi connectivity index (χ3n) is 2.50. The number of hydrogen-bond donors (Lipinski definition) is 1. The Morgan fingerprint density at radius 2 is 2.24 bits per heavy atom. The smallest absolute Gasteiger partial charge is 0.327 e. The van der Waals surface area contributed by atoms with Crippen LogP contribution >= 0.6 is 11.8 Å². The van der Waals surface area contributed by atoms with E-state index in [1.54, 1.807) is 0 Å². The van der Waals surface area contributed by atoms with Gasteiger partial charge in [0.05, 0.1) is 5.88 Å². The standard InChI is InChI=1S/C11H10FNO3S/c12-8-3-1-2-7(4-8)10(14)13-6-17-5-9(13)11(15)16/h1-4,9H,5-6H2,(H,15,16)/t9-/m0/s1. The van der Waals surface area contributed by atoms with Gasteiger partial charge in [-0.15, -0.1) is 11.8 Å². The van der Waals surface area contributed by atoms with Crippen LogP contribution in [0.3, 0.4) is 0 Å². The summed E-state index contributed by atoms with van der Waals surface area (Å²) >= 11 is 1.38. The van der Waals surface area contributed by atoms with Gasteiger partial charge in [-0.05, 0) is 18.2 Å². The van der Waals surface area contributed by atoms with E-state index < -0.39 is 23.7 Å². The Balaban J connectivity index is 2.23. The predicted octanol–water partition coefficient (Wildman–Crippen LogP) is 1.43. The molecule has 1 fully saturated rings. The molecule has 1 aliphatic heterocycles. The van der Waals surface area contributed by atoms with Crippen LogP contribution in [0.25, 0.3) is 0 Å². The minimum Gasteiger partial charge on any atom is -0.480 e. The van der Waals surface area contributed by atoms with Crippen LogP contribution in [-0.2, 0) is 4.79 Å². The van der Waals surface area contributed by atoms with Crippen LogP contribution in [0.2, 0.25) is 0 Å². The number of rotatable bonds is 2. The van der Waals surface area contributed by atoms with E-state index in [1.807, 2.05) is 0 Å². The number of amides is 1. The maximum Gasteiger partial charge on any atom is 0.327 e. The van der Waals surface area contributed by atoms with Crippen molar-refractivity contribution >= 4 is 23.6 Å². The Kier molecular flexibility index (Phi) is 3.33. The fourth-order valence-electron chi connectivity index (χ4n) is 1.63. The molecular weight excluding hydrogens is 245 g/mol. The summed E-state index contributed by atoms with van der Waals surface area (Å²) < 4.78 is 13.0. The highest BCUT2D eigenvalue weighted by Gasteiger charge is 2.34. The first-order valence-corrected chi connectivity index (χ1v) is 6.12. The highest BCUT2D eigenvalue weighted by molar-refractivity contribution is 7.99. The molecule has 0 aliphatic carbocycles. The SMILES string of the molecule is O=C(O)[C@@H]1CSCN1C(=O)c1cccc(F)c1. The lowest BCUT2D eigenvalue weighted by Gasteiger charge is -2.20. The molecule has 1 aromatic carbocycles. The van der Waals surface area contributed by atoms with E-state index in [2.05, 4.69) is 0 Å². The zero-order chi connectivity index (χ0) is 12.4. The summed E-state index contributed by atoms with van der Waals surface area (Å²) in [6.45, 7) is 0. The molecule has 0 radical (unpaired) electrons. The number of carboxylic acids is 1. The zero-order valence-corrected chi connectivity index (χ0v) is 9.61. The summed E-state index contributed by atoms with van der Waals surface area (Å²) in [6, 6.07) is 4.44. The largest absolute Gasteiger partial charge is 0.480 e. The van der Waals surface area contributed by atoms with Crippen molar-refractivity contribution in [1.82, 2.24) is 4.90 Å². The van der Waals surface area contributed by atoms with Gasteiger partial charge in [-0.25, -0.2) is 9.18 Å². The molecule has 0 aromatic heterocycles. The van der Waals surface area contributed by atoms with Crippen LogP contribution in [0, 0.1) is 5.82 Å². The second-order valence-electron chi connectivity index (χ2n) is 3.64. The highest BCUT2D eigenvalue weighted by Crippen LogP contribution is 2.23. The number of aliphatic carboxylic acids is 1. The average Bonchev–Trinajstić information content (AvgIpc) is 2.77. The van der Waals surface area contributed by atoms with Gasteiger partial charge in [-0.1, -0.05) is 6.07 Å². The number of thioether (sulfide) groups is 1. The molecule has 6 heteroatoms. The Morgan fingerprint density at radius 1 is 1.47 bits per heavy atom. The first-order chi connectivity index (χ1) is 8.09. The van der Waals surface area contributed by atoms with Gasteiger partial charge < -0.3 is 10.0 Å². The maximum absolute atomic E-state index is 13.0. The van der Waals surface area contributed by atoms with Gasteiger partial charge in [0.2, 0.25) is 0 Å². The summed E-state index contributed by atoms with van der Waals surface area (Å²) in [5.41, 5.74) is 0.179. The van der Waals surface area contributed by atoms with Gasteiger partial charge in [-0.3, -0.25) is 4.79 Å². The molecule has 1 saturated heterocycles. The zero-order valence-electron chi connectivity index (χ0n) is 8.80. The molecule has 1 atom stereocenters. The summed E-state index contributed by atoms with van der Waals surface area (Å²) in [5.74, 6) is -1.28. The van der Waals surface area contributed by atoms with Crippen molar-refractivity contribution in [2.24, 2.45) is 0 Å². The van der Waals surface area contributed by atoms with Crippen LogP contribution in [0.15, 0.2) is 24.3 Å². The van der Waals surface area contributed by atoms with Crippen molar-refractivity contribution in [3.63, 3.8) is 0 Å². The fourth-order valence-corrected chi connectivity index (χ4v) is 2.78. The van der Waals surface area contributed by atoms with E-state index in [9.17, 15) is 14.0 Å². The Bertz CT molecular complexity index is 466. The number of hydrogen-bond acceptors (Lipinski definition) is 3. The molecule has 0 saturated carbocycles. The maximum atomic E-state index is 13.0. The molecule has 1 aliphatic rings. The molecule has 1 amide bonds. The summed E-state index contributed by atoms with van der Waals surface area (Å²) in [6.07, 6.45) is 0. The number of carbonyl (C=O) groups is 2. The van der Waals surface area contributed by atoms with Crippen molar-refractivity contribution in [3.8, 4) is 0 Å². The minimum atomic E-state index is -1.03. The molecule has 0 spiro atoms. The van der Waals surface area contributed by atoms with Gasteiger partial charge in [0.15, 0.2) is 0 Å². The average molecular weight is 255 g/mol. The van der Waals surface area contributed by atoms with Crippen molar-refractivity contribution in [2.45, 2.75) is 6.04 Å². The molecule has 1 N–H and O–H groups in total. The topological polar surface area (TPSA) is 57.6 Å². The number of halogens is 1. The van der Waals surface area contributed by atoms with Gasteiger partial charge in [0.25, 0.3) is 5.91 Å². The molecule has 90 valence electrons. The van der Waals surface area contributed by atoms with Crippen LogP contribution in [0.5, 0.6) is 0 Å². The summed E-state index contributed by atoms with van der Waals surface area (Å²) in [4.78, 5) is 24.2. The predicted molar refractivity (Wildman–Crippen MR) is 61.3 cm³/mol. The number of benzene rings is 1. The van der Waals surface area contributed by atoms with Crippen molar-refractivity contribution in [2.75, 3.05) is 11.6 Å². The van der Waals surface area contributed by atoms with E-state index in [1.165, 1.54) is 34.9 Å². The molecule has 0 unspecified atom stereocenters. The Hall–Kier alpha value is -1.56. The molecule has 1 aromatic rings. The molecule has 4 nitrogen and oxygen atoms in total. The number of carboxylic acid groups (broad SMARTS) is 1. The first-order valence-electron chi connectivity index (χ1n) is 4.96. The van der Waals surface area contributed by atoms with Gasteiger partial charge in [0.1, 0.15) is 11.9 Å². The van der Waals surface area contributed by atoms with Crippen LogP contribution in [0.1, 0.15) is 10.4 Å². The van der Waals surface area contributed by atoms with Gasteiger partial charge >= 0.3 is 5.97 Å². The van der Waals surface area contributed by atoms with Crippen molar-refractivity contribution < 1.29 is 19.1 Å². The minimum absolute atomic E-state index is 0.179. The fraction of sp³-hybridized carbons (Fsp3) is 0.273. The van der Waals surface area contributed by atoms with E-state index in [0.717, 1.165) is 6.07 Å². The lowest BCUT2D eigenvalue weighted by molar-refractivity contribution is -0.140. The Morgan fingerprint density at radius 3 is 2.88 bits per heavy atom. The molecule has 2 rings (SSSR count). The second-order valence-corrected chi connectivity index (χ2v) is 4.64. The van der Waals surface area contributed by atoms with E-state index in [-0.39, 0.29) is 5.56 Å². The van der Waals surface area contributed by atoms with Crippen LogP contribution < -0.4 is 0 Å². The molecule has 1 heterocycles. The monoisotopic (exact) mass is 255 g/mol. The highest BCUT2D eigenvalue weighted by atomic mass is 32.2. The summed E-state index contributed by atoms with van der Waals surface area (Å²) in [5, 5.41) is 8.95. The van der Waals surface area contributed by atoms with E-state index in [4.69, 9.17) is 5.11 Å².